The van der Waals surface area contributed by atoms with Crippen LogP contribution in [0, 0.1) is 0 Å². The molecule has 0 aliphatic heterocycles. The molecule has 1 aromatic rings. The molecule has 0 fully saturated rings. The van der Waals surface area contributed by atoms with Crippen molar-refractivity contribution in [3.05, 3.63) is 18.0 Å². The zero-order valence-electron chi connectivity index (χ0n) is 6.61. The van der Waals surface area contributed by atoms with Gasteiger partial charge < -0.3 is 5.73 Å². The van der Waals surface area contributed by atoms with Crippen LogP contribution < -0.4 is 5.73 Å². The molecule has 60 valence electrons. The number of hydrogen-bond donors (Lipinski definition) is 1. The highest BCUT2D eigenvalue weighted by Gasteiger charge is 2.01. The van der Waals surface area contributed by atoms with E-state index < -0.39 is 0 Å². The van der Waals surface area contributed by atoms with Crippen molar-refractivity contribution < 1.29 is 0 Å². The number of aromatic nitrogens is 2. The van der Waals surface area contributed by atoms with Crippen molar-refractivity contribution in [2.75, 3.05) is 6.26 Å². The van der Waals surface area contributed by atoms with Gasteiger partial charge in [-0.25, -0.2) is 9.97 Å². The Labute approximate surface area is 70.4 Å². The van der Waals surface area contributed by atoms with Gasteiger partial charge in [0, 0.05) is 12.2 Å². The van der Waals surface area contributed by atoms with Gasteiger partial charge in [-0.15, -0.1) is 0 Å². The molecular formula is C7H11N3S. The van der Waals surface area contributed by atoms with E-state index in [1.54, 1.807) is 6.20 Å². The molecule has 1 rings (SSSR count). The predicted molar refractivity (Wildman–Crippen MR) is 46.4 cm³/mol. The average molecular weight is 169 g/mol. The third-order valence-corrected chi connectivity index (χ3v) is 1.87. The second-order valence-electron chi connectivity index (χ2n) is 2.26. The second kappa shape index (κ2) is 3.69. The second-order valence-corrected chi connectivity index (χ2v) is 3.03. The van der Waals surface area contributed by atoms with Crippen molar-refractivity contribution >= 4 is 11.8 Å². The summed E-state index contributed by atoms with van der Waals surface area (Å²) < 4.78 is 0. The summed E-state index contributed by atoms with van der Waals surface area (Å²) in [4.78, 5) is 8.25. The minimum Gasteiger partial charge on any atom is -0.323 e. The van der Waals surface area contributed by atoms with Crippen molar-refractivity contribution in [1.82, 2.24) is 9.97 Å². The fraction of sp³-hybridized carbons (Fsp3) is 0.429. The van der Waals surface area contributed by atoms with Crippen molar-refractivity contribution in [2.24, 2.45) is 5.73 Å². The summed E-state index contributed by atoms with van der Waals surface area (Å²) in [5, 5.41) is 0.778. The SMILES string of the molecule is CSc1nccc([C@H](C)N)n1. The lowest BCUT2D eigenvalue weighted by atomic mass is 10.2. The van der Waals surface area contributed by atoms with Crippen LogP contribution in [0.3, 0.4) is 0 Å². The number of hydrogen-bond acceptors (Lipinski definition) is 4. The van der Waals surface area contributed by atoms with E-state index in [2.05, 4.69) is 9.97 Å². The van der Waals surface area contributed by atoms with Crippen LogP contribution in [-0.2, 0) is 0 Å². The van der Waals surface area contributed by atoms with Crippen LogP contribution in [0.5, 0.6) is 0 Å². The number of nitrogens with two attached hydrogens (primary N) is 1. The first-order valence-electron chi connectivity index (χ1n) is 3.36. The molecule has 0 bridgehead atoms. The van der Waals surface area contributed by atoms with Crippen molar-refractivity contribution in [1.29, 1.82) is 0 Å². The first-order chi connectivity index (χ1) is 5.24. The smallest absolute Gasteiger partial charge is 0.187 e. The summed E-state index contributed by atoms with van der Waals surface area (Å²) >= 11 is 1.52. The molecule has 0 aromatic carbocycles. The maximum atomic E-state index is 5.64. The highest BCUT2D eigenvalue weighted by atomic mass is 32.2. The molecule has 0 radical (unpaired) electrons. The minimum atomic E-state index is -0.0103. The maximum absolute atomic E-state index is 5.64. The van der Waals surface area contributed by atoms with E-state index in [-0.39, 0.29) is 6.04 Å². The van der Waals surface area contributed by atoms with Crippen LogP contribution in [0.2, 0.25) is 0 Å². The molecule has 0 amide bonds. The Morgan fingerprint density at radius 2 is 2.36 bits per heavy atom. The van der Waals surface area contributed by atoms with Crippen LogP contribution >= 0.6 is 11.8 Å². The number of thioether (sulfide) groups is 1. The van der Waals surface area contributed by atoms with Gasteiger partial charge in [0.15, 0.2) is 5.16 Å². The molecule has 1 aromatic heterocycles. The molecule has 3 nitrogen and oxygen atoms in total. The molecule has 1 atom stereocenters. The lowest BCUT2D eigenvalue weighted by Crippen LogP contribution is -2.07. The van der Waals surface area contributed by atoms with Gasteiger partial charge in [-0.1, -0.05) is 11.8 Å². The zero-order valence-corrected chi connectivity index (χ0v) is 7.43. The van der Waals surface area contributed by atoms with Crippen LogP contribution in [-0.4, -0.2) is 16.2 Å². The fourth-order valence-corrected chi connectivity index (χ4v) is 1.07. The summed E-state index contributed by atoms with van der Waals surface area (Å²) in [7, 11) is 0. The van der Waals surface area contributed by atoms with E-state index in [1.807, 2.05) is 19.2 Å². The van der Waals surface area contributed by atoms with Gasteiger partial charge in [0.1, 0.15) is 0 Å². The van der Waals surface area contributed by atoms with E-state index in [4.69, 9.17) is 5.73 Å². The monoisotopic (exact) mass is 169 g/mol. The van der Waals surface area contributed by atoms with E-state index in [0.29, 0.717) is 0 Å². The van der Waals surface area contributed by atoms with Gasteiger partial charge in [-0.2, -0.15) is 0 Å². The predicted octanol–water partition coefficient (Wildman–Crippen LogP) is 1.22. The van der Waals surface area contributed by atoms with Crippen molar-refractivity contribution in [3.63, 3.8) is 0 Å². The largest absolute Gasteiger partial charge is 0.323 e. The number of rotatable bonds is 2. The van der Waals surface area contributed by atoms with E-state index >= 15 is 0 Å². The van der Waals surface area contributed by atoms with Crippen molar-refractivity contribution in [2.45, 2.75) is 18.1 Å². The molecule has 0 saturated carbocycles. The van der Waals surface area contributed by atoms with Gasteiger partial charge in [0.25, 0.3) is 0 Å². The third-order valence-electron chi connectivity index (χ3n) is 1.30. The van der Waals surface area contributed by atoms with Crippen LogP contribution in [0.15, 0.2) is 17.4 Å². The average Bonchev–Trinajstić information content (AvgIpc) is 2.05. The Morgan fingerprint density at radius 1 is 1.64 bits per heavy atom. The Balaban J connectivity index is 2.91. The normalized spacial score (nSPS) is 13.0. The lowest BCUT2D eigenvalue weighted by Gasteiger charge is -2.03. The molecule has 2 N–H and O–H groups in total. The molecular weight excluding hydrogens is 158 g/mol. The van der Waals surface area contributed by atoms with Crippen molar-refractivity contribution in [3.8, 4) is 0 Å². The Kier molecular flexibility index (Phi) is 2.84. The van der Waals surface area contributed by atoms with Crippen LogP contribution in [0.25, 0.3) is 0 Å². The van der Waals surface area contributed by atoms with Crippen LogP contribution in [0.4, 0.5) is 0 Å². The highest BCUT2D eigenvalue weighted by Crippen LogP contribution is 2.10. The highest BCUT2D eigenvalue weighted by molar-refractivity contribution is 7.98. The van der Waals surface area contributed by atoms with Gasteiger partial charge in [0.2, 0.25) is 0 Å². The molecule has 0 aliphatic carbocycles. The van der Waals surface area contributed by atoms with Gasteiger partial charge in [-0.3, -0.25) is 0 Å². The Bertz CT molecular complexity index is 237. The summed E-state index contributed by atoms with van der Waals surface area (Å²) in [6.07, 6.45) is 3.68. The summed E-state index contributed by atoms with van der Waals surface area (Å²) in [6.45, 7) is 1.91. The molecule has 1 heterocycles. The van der Waals surface area contributed by atoms with Gasteiger partial charge in [-0.05, 0) is 19.2 Å². The van der Waals surface area contributed by atoms with E-state index in [9.17, 15) is 0 Å². The topological polar surface area (TPSA) is 51.8 Å². The first kappa shape index (κ1) is 8.49. The summed E-state index contributed by atoms with van der Waals surface area (Å²) in [5.41, 5.74) is 6.53. The summed E-state index contributed by atoms with van der Waals surface area (Å²) in [5.74, 6) is 0. The molecule has 0 aliphatic rings. The maximum Gasteiger partial charge on any atom is 0.187 e. The molecule has 0 spiro atoms. The fourth-order valence-electron chi connectivity index (χ4n) is 0.706. The Hall–Kier alpha value is -0.610. The van der Waals surface area contributed by atoms with Crippen LogP contribution in [0.1, 0.15) is 18.7 Å². The summed E-state index contributed by atoms with van der Waals surface area (Å²) in [6, 6.07) is 1.83. The van der Waals surface area contributed by atoms with Gasteiger partial charge >= 0.3 is 0 Å². The van der Waals surface area contributed by atoms with E-state index in [0.717, 1.165) is 10.9 Å². The Morgan fingerprint density at radius 3 is 2.91 bits per heavy atom. The molecule has 11 heavy (non-hydrogen) atoms. The standard InChI is InChI=1S/C7H11N3S/c1-5(8)6-3-4-9-7(10-6)11-2/h3-5H,8H2,1-2H3/t5-/m0/s1. The third kappa shape index (κ3) is 2.17. The quantitative estimate of drug-likeness (QED) is 0.534. The zero-order chi connectivity index (χ0) is 8.27. The van der Waals surface area contributed by atoms with E-state index in [1.165, 1.54) is 11.8 Å². The van der Waals surface area contributed by atoms with Gasteiger partial charge in [0.05, 0.1) is 5.69 Å². The first-order valence-corrected chi connectivity index (χ1v) is 4.59. The molecule has 4 heteroatoms. The lowest BCUT2D eigenvalue weighted by molar-refractivity contribution is 0.747. The minimum absolute atomic E-state index is 0.0103. The molecule has 0 saturated heterocycles. The molecule has 0 unspecified atom stereocenters. The number of nitrogens with zero attached hydrogens (tertiary/aromatic N) is 2.